The first-order valence-electron chi connectivity index (χ1n) is 11.0. The van der Waals surface area contributed by atoms with E-state index in [9.17, 15) is 27.9 Å². The largest absolute Gasteiger partial charge is 0.480 e. The standard InChI is InChI=1S/C21H29N5O7S2/c1-12(2)17(24-18(27)13(3)22-4)19(28)26-9-8-25(11-15(26)20(29)30)35(31,32)21-14(6-10-34-21)16-5-7-23-33-16/h5-7,10,12-13,15,17,22H,8-9,11H2,1-4H3,(H,24,27)(H,29,30). The summed E-state index contributed by atoms with van der Waals surface area (Å²) in [6.45, 7) is 4.45. The number of piperazine rings is 1. The number of amides is 2. The summed E-state index contributed by atoms with van der Waals surface area (Å²) in [5.41, 5.74) is 0.333. The maximum atomic E-state index is 13.4. The zero-order valence-electron chi connectivity index (χ0n) is 19.8. The van der Waals surface area contributed by atoms with E-state index < -0.39 is 52.5 Å². The Labute approximate surface area is 207 Å². The molecule has 3 unspecified atom stereocenters. The lowest BCUT2D eigenvalue weighted by atomic mass is 10.0. The van der Waals surface area contributed by atoms with E-state index in [0.717, 1.165) is 20.5 Å². The highest BCUT2D eigenvalue weighted by Gasteiger charge is 2.43. The number of thiophene rings is 1. The molecule has 0 radical (unpaired) electrons. The van der Waals surface area contributed by atoms with E-state index in [1.54, 1.807) is 39.3 Å². The second-order valence-corrected chi connectivity index (χ2v) is 11.5. The predicted octanol–water partition coefficient (Wildman–Crippen LogP) is 0.438. The Morgan fingerprint density at radius 2 is 1.94 bits per heavy atom. The number of aliphatic carboxylic acids is 1. The van der Waals surface area contributed by atoms with Crippen LogP contribution < -0.4 is 10.6 Å². The van der Waals surface area contributed by atoms with Crippen LogP contribution in [0.3, 0.4) is 0 Å². The van der Waals surface area contributed by atoms with Gasteiger partial charge in [-0.05, 0) is 31.3 Å². The molecule has 35 heavy (non-hydrogen) atoms. The Morgan fingerprint density at radius 1 is 1.23 bits per heavy atom. The van der Waals surface area contributed by atoms with Gasteiger partial charge in [-0.1, -0.05) is 19.0 Å². The third kappa shape index (κ3) is 5.55. The lowest BCUT2D eigenvalue weighted by molar-refractivity contribution is -0.154. The molecule has 3 N–H and O–H groups in total. The van der Waals surface area contributed by atoms with Gasteiger partial charge in [-0.15, -0.1) is 11.3 Å². The molecule has 14 heteroatoms. The van der Waals surface area contributed by atoms with E-state index in [4.69, 9.17) is 4.52 Å². The molecule has 0 aromatic carbocycles. The molecule has 0 spiro atoms. The van der Waals surface area contributed by atoms with Crippen molar-refractivity contribution in [2.75, 3.05) is 26.7 Å². The van der Waals surface area contributed by atoms with Gasteiger partial charge >= 0.3 is 5.97 Å². The van der Waals surface area contributed by atoms with Crippen molar-refractivity contribution >= 4 is 39.1 Å². The highest BCUT2D eigenvalue weighted by molar-refractivity contribution is 7.91. The van der Waals surface area contributed by atoms with Crippen molar-refractivity contribution < 1.29 is 32.4 Å². The molecule has 0 aliphatic carbocycles. The second-order valence-electron chi connectivity index (χ2n) is 8.49. The maximum Gasteiger partial charge on any atom is 0.327 e. The molecule has 0 bridgehead atoms. The fourth-order valence-corrected chi connectivity index (χ4v) is 6.64. The number of carboxylic acid groups (broad SMARTS) is 1. The normalized spacial score (nSPS) is 18.9. The van der Waals surface area contributed by atoms with Gasteiger partial charge in [0.2, 0.25) is 11.8 Å². The van der Waals surface area contributed by atoms with Gasteiger partial charge < -0.3 is 25.2 Å². The molecule has 12 nitrogen and oxygen atoms in total. The first-order valence-corrected chi connectivity index (χ1v) is 13.3. The van der Waals surface area contributed by atoms with Crippen LogP contribution in [0.5, 0.6) is 0 Å². The van der Waals surface area contributed by atoms with Crippen molar-refractivity contribution in [1.82, 2.24) is 25.0 Å². The van der Waals surface area contributed by atoms with Crippen LogP contribution in [0.1, 0.15) is 20.8 Å². The molecule has 1 fully saturated rings. The number of nitrogens with one attached hydrogen (secondary N) is 2. The third-order valence-electron chi connectivity index (χ3n) is 5.88. The van der Waals surface area contributed by atoms with Gasteiger partial charge in [0.25, 0.3) is 10.0 Å². The zero-order chi connectivity index (χ0) is 25.9. The Kier molecular flexibility index (Phi) is 8.30. The average molecular weight is 528 g/mol. The van der Waals surface area contributed by atoms with Gasteiger partial charge in [0.15, 0.2) is 5.76 Å². The number of hydrogen-bond donors (Lipinski definition) is 3. The van der Waals surface area contributed by atoms with Crippen LogP contribution in [0.25, 0.3) is 11.3 Å². The van der Waals surface area contributed by atoms with Gasteiger partial charge in [-0.25, -0.2) is 13.2 Å². The third-order valence-corrected chi connectivity index (χ3v) is 9.20. The topological polar surface area (TPSA) is 162 Å². The summed E-state index contributed by atoms with van der Waals surface area (Å²) < 4.78 is 33.0. The molecule has 2 aromatic heterocycles. The summed E-state index contributed by atoms with van der Waals surface area (Å²) >= 11 is 0.987. The van der Waals surface area contributed by atoms with Gasteiger partial charge in [-0.3, -0.25) is 9.59 Å². The maximum absolute atomic E-state index is 13.4. The van der Waals surface area contributed by atoms with Crippen LogP contribution in [0.4, 0.5) is 0 Å². The van der Waals surface area contributed by atoms with Crippen LogP contribution in [0, 0.1) is 5.92 Å². The van der Waals surface area contributed by atoms with Gasteiger partial charge in [0, 0.05) is 25.7 Å². The quantitative estimate of drug-likeness (QED) is 0.420. The number of sulfonamides is 1. The summed E-state index contributed by atoms with van der Waals surface area (Å²) in [5, 5.41) is 20.6. The van der Waals surface area contributed by atoms with Gasteiger partial charge in [0.05, 0.1) is 17.8 Å². The number of hydrogen-bond acceptors (Lipinski definition) is 9. The predicted molar refractivity (Wildman–Crippen MR) is 127 cm³/mol. The molecule has 1 aliphatic heterocycles. The monoisotopic (exact) mass is 527 g/mol. The molecule has 3 rings (SSSR count). The number of carbonyl (C=O) groups excluding carboxylic acids is 2. The molecule has 2 amide bonds. The minimum Gasteiger partial charge on any atom is -0.480 e. The van der Waals surface area contributed by atoms with Crippen molar-refractivity contribution in [3.05, 3.63) is 23.7 Å². The summed E-state index contributed by atoms with van der Waals surface area (Å²) in [5.74, 6) is -2.34. The molecular weight excluding hydrogens is 498 g/mol. The molecule has 3 heterocycles. The number of carbonyl (C=O) groups is 3. The fraction of sp³-hybridized carbons (Fsp3) is 0.524. The summed E-state index contributed by atoms with van der Waals surface area (Å²) in [4.78, 5) is 39.0. The first-order chi connectivity index (χ1) is 16.5. The fourth-order valence-electron chi connectivity index (χ4n) is 3.70. The lowest BCUT2D eigenvalue weighted by Gasteiger charge is -2.40. The van der Waals surface area contributed by atoms with E-state index in [2.05, 4.69) is 15.8 Å². The highest BCUT2D eigenvalue weighted by atomic mass is 32.2. The van der Waals surface area contributed by atoms with Crippen LogP contribution in [-0.4, -0.2) is 90.5 Å². The van der Waals surface area contributed by atoms with Crippen molar-refractivity contribution in [3.63, 3.8) is 0 Å². The molecule has 2 aromatic rings. The van der Waals surface area contributed by atoms with E-state index in [1.807, 2.05) is 0 Å². The smallest absolute Gasteiger partial charge is 0.327 e. The van der Waals surface area contributed by atoms with Crippen LogP contribution in [-0.2, 0) is 24.4 Å². The Morgan fingerprint density at radius 3 is 2.51 bits per heavy atom. The van der Waals surface area contributed by atoms with E-state index >= 15 is 0 Å². The summed E-state index contributed by atoms with van der Waals surface area (Å²) in [6.07, 6.45) is 1.40. The minimum atomic E-state index is -4.08. The number of likely N-dealkylation sites (N-methyl/N-ethyl adjacent to an activating group) is 1. The van der Waals surface area contributed by atoms with Crippen LogP contribution >= 0.6 is 11.3 Å². The minimum absolute atomic E-state index is 0.00605. The molecule has 1 aliphatic rings. The molecule has 192 valence electrons. The van der Waals surface area contributed by atoms with E-state index in [-0.39, 0.29) is 29.0 Å². The SMILES string of the molecule is CNC(C)C(=O)NC(C(=O)N1CCN(S(=O)(=O)c2sccc2-c2ccno2)CC1C(=O)O)C(C)C. The van der Waals surface area contributed by atoms with E-state index in [0.29, 0.717) is 5.56 Å². The van der Waals surface area contributed by atoms with Gasteiger partial charge in [-0.2, -0.15) is 4.31 Å². The van der Waals surface area contributed by atoms with Gasteiger partial charge in [0.1, 0.15) is 16.3 Å². The second kappa shape index (κ2) is 10.8. The van der Waals surface area contributed by atoms with Crippen LogP contribution in [0.2, 0.25) is 0 Å². The summed E-state index contributed by atoms with van der Waals surface area (Å²) in [6, 6.07) is 0.200. The Balaban J connectivity index is 1.84. The number of rotatable bonds is 9. The number of carboxylic acids is 1. The first kappa shape index (κ1) is 26.8. The Hall–Kier alpha value is -2.81. The van der Waals surface area contributed by atoms with Crippen LogP contribution in [0.15, 0.2) is 32.4 Å². The zero-order valence-corrected chi connectivity index (χ0v) is 21.4. The van der Waals surface area contributed by atoms with Crippen molar-refractivity contribution in [3.8, 4) is 11.3 Å². The summed E-state index contributed by atoms with van der Waals surface area (Å²) in [7, 11) is -2.47. The number of aromatic nitrogens is 1. The lowest BCUT2D eigenvalue weighted by Crippen LogP contribution is -2.63. The molecular formula is C21H29N5O7S2. The van der Waals surface area contributed by atoms with Crippen molar-refractivity contribution in [1.29, 1.82) is 0 Å². The number of nitrogens with zero attached hydrogens (tertiary/aromatic N) is 3. The molecule has 1 saturated heterocycles. The van der Waals surface area contributed by atoms with E-state index in [1.165, 1.54) is 12.3 Å². The van der Waals surface area contributed by atoms with Crippen molar-refractivity contribution in [2.24, 2.45) is 5.92 Å². The molecule has 0 saturated carbocycles. The average Bonchev–Trinajstić information content (AvgIpc) is 3.52. The highest BCUT2D eigenvalue weighted by Crippen LogP contribution is 2.34. The Bertz CT molecular complexity index is 1160. The molecule has 3 atom stereocenters. The van der Waals surface area contributed by atoms with Crippen molar-refractivity contribution in [2.45, 2.75) is 43.1 Å².